The predicted molar refractivity (Wildman–Crippen MR) is 110 cm³/mol. The van der Waals surface area contributed by atoms with Gasteiger partial charge >= 0.3 is 12.2 Å². The summed E-state index contributed by atoms with van der Waals surface area (Å²) in [4.78, 5) is 31.9. The molecule has 1 aliphatic carbocycles. The van der Waals surface area contributed by atoms with Crippen LogP contribution < -0.4 is 4.90 Å². The van der Waals surface area contributed by atoms with Gasteiger partial charge in [0, 0.05) is 6.04 Å². The molecule has 1 atom stereocenters. The number of carbonyl (C=O) groups excluding carboxylic acids is 2. The number of urea groups is 1. The van der Waals surface area contributed by atoms with Crippen molar-refractivity contribution in [3.05, 3.63) is 29.8 Å². The minimum absolute atomic E-state index is 0.187. The van der Waals surface area contributed by atoms with Crippen LogP contribution in [0.5, 0.6) is 0 Å². The summed E-state index contributed by atoms with van der Waals surface area (Å²) >= 11 is 23.1. The smallest absolute Gasteiger partial charge is 0.265 e. The first-order valence-electron chi connectivity index (χ1n) is 9.04. The molecule has 0 radical (unpaired) electrons. The number of halogens is 7. The highest BCUT2D eigenvalue weighted by atomic mass is 35.6. The fourth-order valence-electron chi connectivity index (χ4n) is 3.50. The van der Waals surface area contributed by atoms with Crippen LogP contribution in [0.3, 0.4) is 0 Å². The van der Waals surface area contributed by atoms with Gasteiger partial charge in [0.15, 0.2) is 5.50 Å². The van der Waals surface area contributed by atoms with Gasteiger partial charge in [-0.1, -0.05) is 71.7 Å². The third-order valence-corrected chi connectivity index (χ3v) is 6.28. The molecule has 2 aliphatic rings. The van der Waals surface area contributed by atoms with E-state index in [1.165, 1.54) is 6.07 Å². The first-order valence-corrected chi connectivity index (χ1v) is 10.6. The van der Waals surface area contributed by atoms with E-state index in [-0.39, 0.29) is 11.7 Å². The minimum Gasteiger partial charge on any atom is -0.265 e. The predicted octanol–water partition coefficient (Wildman–Crippen LogP) is 6.14. The lowest BCUT2D eigenvalue weighted by Gasteiger charge is -2.28. The summed E-state index contributed by atoms with van der Waals surface area (Å²) in [5.41, 5.74) is -2.72. The lowest BCUT2D eigenvalue weighted by atomic mass is 9.94. The molecule has 5 nitrogen and oxygen atoms in total. The van der Waals surface area contributed by atoms with Gasteiger partial charge in [-0.05, 0) is 31.0 Å². The van der Waals surface area contributed by atoms with E-state index in [1.807, 2.05) is 0 Å². The molecular weight excluding hydrogens is 489 g/mol. The van der Waals surface area contributed by atoms with Gasteiger partial charge in [0.25, 0.3) is 5.91 Å². The summed E-state index contributed by atoms with van der Waals surface area (Å²) in [6, 6.07) is 2.80. The van der Waals surface area contributed by atoms with E-state index < -0.39 is 38.8 Å². The highest BCUT2D eigenvalue weighted by Crippen LogP contribution is 2.38. The molecule has 1 aromatic rings. The monoisotopic (exact) mass is 503 g/mol. The number of anilines is 1. The van der Waals surface area contributed by atoms with Gasteiger partial charge in [-0.15, -0.1) is 0 Å². The van der Waals surface area contributed by atoms with Crippen LogP contribution in [0.2, 0.25) is 0 Å². The van der Waals surface area contributed by atoms with Gasteiger partial charge in [0.1, 0.15) is 0 Å². The van der Waals surface area contributed by atoms with E-state index in [9.17, 15) is 22.8 Å². The van der Waals surface area contributed by atoms with E-state index >= 15 is 0 Å². The van der Waals surface area contributed by atoms with Crippen molar-refractivity contribution in [3.8, 4) is 0 Å². The Morgan fingerprint density at radius 3 is 2.27 bits per heavy atom. The molecule has 1 heterocycles. The number of hydrogen-bond donors (Lipinski definition) is 0. The summed E-state index contributed by atoms with van der Waals surface area (Å²) in [5.74, 6) is -1.28. The highest BCUT2D eigenvalue weighted by molar-refractivity contribution is 6.70. The molecule has 0 N–H and O–H groups in total. The number of alkyl halides is 7. The molecule has 3 amide bonds. The Labute approximate surface area is 190 Å². The van der Waals surface area contributed by atoms with Gasteiger partial charge in [0.2, 0.25) is 9.63 Å². The molecule has 3 rings (SSSR count). The van der Waals surface area contributed by atoms with E-state index in [1.54, 1.807) is 0 Å². The first kappa shape index (κ1) is 23.4. The van der Waals surface area contributed by atoms with Crippen LogP contribution >= 0.6 is 46.4 Å². The Kier molecular flexibility index (Phi) is 6.82. The molecule has 0 bridgehead atoms. The van der Waals surface area contributed by atoms with Gasteiger partial charge in [0.05, 0.1) is 11.3 Å². The van der Waals surface area contributed by atoms with Crippen molar-refractivity contribution in [2.24, 2.45) is 4.99 Å². The zero-order valence-electron chi connectivity index (χ0n) is 15.3. The Balaban J connectivity index is 2.08. The maximum Gasteiger partial charge on any atom is 0.416 e. The first-order chi connectivity index (χ1) is 13.9. The van der Waals surface area contributed by atoms with Crippen LogP contribution in [0.25, 0.3) is 0 Å². The number of carbonyl (C=O) groups is 2. The molecule has 0 aromatic heterocycles. The van der Waals surface area contributed by atoms with Crippen LogP contribution in [0, 0.1) is 0 Å². The third kappa shape index (κ3) is 4.82. The molecule has 1 saturated carbocycles. The number of nitrogens with zero attached hydrogens (tertiary/aromatic N) is 3. The number of amides is 3. The van der Waals surface area contributed by atoms with Crippen molar-refractivity contribution in [3.63, 3.8) is 0 Å². The quantitative estimate of drug-likeness (QED) is 0.282. The molecule has 0 spiro atoms. The number of imide groups is 1. The molecule has 1 aromatic carbocycles. The van der Waals surface area contributed by atoms with Gasteiger partial charge in [-0.2, -0.15) is 13.2 Å². The van der Waals surface area contributed by atoms with Crippen molar-refractivity contribution in [1.82, 2.24) is 4.90 Å². The largest absolute Gasteiger partial charge is 0.416 e. The second-order valence-electron chi connectivity index (χ2n) is 6.96. The second-order valence-corrected chi connectivity index (χ2v) is 9.75. The number of amidine groups is 1. The van der Waals surface area contributed by atoms with Gasteiger partial charge < -0.3 is 0 Å². The van der Waals surface area contributed by atoms with Crippen LogP contribution in [0.15, 0.2) is 29.3 Å². The SMILES string of the molecule is O=C1C(=NC(Cl)C(Cl)(Cl)Cl)N(c2cccc(C(F)(F)F)c2)C(=O)N1C1CCCCC1. The van der Waals surface area contributed by atoms with Crippen LogP contribution in [0.4, 0.5) is 23.7 Å². The summed E-state index contributed by atoms with van der Waals surface area (Å²) in [5, 5.41) is 0. The standard InChI is InChI=1S/C18H16Cl4F3N3O2/c19-15(17(20,21)22)26-13-14(29)28(11-6-2-1-3-7-11)16(30)27(13)12-8-4-5-10(9-12)18(23,24)25/h4-5,8-9,11,15H,1-3,6-7H2. The highest BCUT2D eigenvalue weighted by Gasteiger charge is 2.48. The summed E-state index contributed by atoms with van der Waals surface area (Å²) < 4.78 is 37.4. The van der Waals surface area contributed by atoms with Crippen LogP contribution in [0.1, 0.15) is 37.7 Å². The van der Waals surface area contributed by atoms with Gasteiger partial charge in [-0.25, -0.2) is 14.7 Å². The number of hydrogen-bond acceptors (Lipinski definition) is 3. The van der Waals surface area contributed by atoms with Crippen molar-refractivity contribution in [2.75, 3.05) is 4.90 Å². The average Bonchev–Trinajstić information content (AvgIpc) is 2.91. The number of rotatable bonds is 3. The molecular formula is C18H16Cl4F3N3O2. The van der Waals surface area contributed by atoms with Crippen LogP contribution in [-0.2, 0) is 11.0 Å². The lowest BCUT2D eigenvalue weighted by molar-refractivity contribution is -0.137. The maximum atomic E-state index is 13.2. The maximum absolute atomic E-state index is 13.2. The summed E-state index contributed by atoms with van der Waals surface area (Å²) in [7, 11) is 0. The Morgan fingerprint density at radius 1 is 1.07 bits per heavy atom. The zero-order chi connectivity index (χ0) is 22.3. The van der Waals surface area contributed by atoms with Crippen molar-refractivity contribution < 1.29 is 22.8 Å². The third-order valence-electron chi connectivity index (χ3n) is 4.90. The van der Waals surface area contributed by atoms with E-state index in [4.69, 9.17) is 46.4 Å². The lowest BCUT2D eigenvalue weighted by Crippen LogP contribution is -2.42. The summed E-state index contributed by atoms with van der Waals surface area (Å²) in [6.45, 7) is 0. The Morgan fingerprint density at radius 2 is 1.70 bits per heavy atom. The van der Waals surface area contributed by atoms with Crippen LogP contribution in [-0.4, -0.2) is 38.0 Å². The zero-order valence-corrected chi connectivity index (χ0v) is 18.3. The fourth-order valence-corrected chi connectivity index (χ4v) is 3.74. The minimum atomic E-state index is -4.64. The fraction of sp³-hybridized carbons (Fsp3) is 0.500. The molecule has 1 unspecified atom stereocenters. The molecule has 164 valence electrons. The molecule has 2 fully saturated rings. The van der Waals surface area contributed by atoms with Crippen molar-refractivity contribution >= 4 is 69.9 Å². The molecule has 1 saturated heterocycles. The van der Waals surface area contributed by atoms with Gasteiger partial charge in [-0.3, -0.25) is 9.69 Å². The normalized spacial score (nSPS) is 21.6. The topological polar surface area (TPSA) is 53.0 Å². The Bertz CT molecular complexity index is 867. The Hall–Kier alpha value is -1.22. The number of benzene rings is 1. The average molecular weight is 505 g/mol. The molecule has 12 heteroatoms. The van der Waals surface area contributed by atoms with E-state index in [0.29, 0.717) is 12.8 Å². The second kappa shape index (κ2) is 8.73. The van der Waals surface area contributed by atoms with Crippen molar-refractivity contribution in [1.29, 1.82) is 0 Å². The molecule has 1 aliphatic heterocycles. The number of aliphatic imine (C=N–C) groups is 1. The van der Waals surface area contributed by atoms with E-state index in [0.717, 1.165) is 47.3 Å². The summed E-state index contributed by atoms with van der Waals surface area (Å²) in [6.07, 6.45) is -0.836. The molecule has 30 heavy (non-hydrogen) atoms. The van der Waals surface area contributed by atoms with E-state index in [2.05, 4.69) is 4.99 Å². The van der Waals surface area contributed by atoms with Crippen molar-refractivity contribution in [2.45, 2.75) is 53.6 Å².